The maximum Gasteiger partial charge on any atom is 0.257 e. The van der Waals surface area contributed by atoms with Crippen LogP contribution in [0.4, 0.5) is 10.8 Å². The Morgan fingerprint density at radius 3 is 2.45 bits per heavy atom. The molecule has 2 aromatic carbocycles. The van der Waals surface area contributed by atoms with Gasteiger partial charge in [0, 0.05) is 10.9 Å². The van der Waals surface area contributed by atoms with E-state index in [0.29, 0.717) is 33.4 Å². The third-order valence-electron chi connectivity index (χ3n) is 4.60. The lowest BCUT2D eigenvalue weighted by Gasteiger charge is -2.10. The molecule has 0 bridgehead atoms. The molecular formula is C24H20N4O4S. The minimum absolute atomic E-state index is 0.0000557. The van der Waals surface area contributed by atoms with Crippen LogP contribution in [0, 0.1) is 0 Å². The summed E-state index contributed by atoms with van der Waals surface area (Å²) in [4.78, 5) is 41.7. The van der Waals surface area contributed by atoms with E-state index in [2.05, 4.69) is 20.9 Å². The Labute approximate surface area is 193 Å². The van der Waals surface area contributed by atoms with Crippen LogP contribution in [0.1, 0.15) is 32.2 Å². The minimum Gasteiger partial charge on any atom is -0.467 e. The molecule has 0 aliphatic carbocycles. The van der Waals surface area contributed by atoms with Crippen molar-refractivity contribution < 1.29 is 18.8 Å². The fourth-order valence-electron chi connectivity index (χ4n) is 3.03. The third kappa shape index (κ3) is 5.92. The zero-order valence-corrected chi connectivity index (χ0v) is 18.2. The van der Waals surface area contributed by atoms with Gasteiger partial charge in [-0.3, -0.25) is 19.7 Å². The molecular weight excluding hydrogens is 440 g/mol. The van der Waals surface area contributed by atoms with Crippen molar-refractivity contribution in [3.63, 3.8) is 0 Å². The molecule has 4 rings (SSSR count). The lowest BCUT2D eigenvalue weighted by Crippen LogP contribution is -2.25. The molecule has 3 N–H and O–H groups in total. The van der Waals surface area contributed by atoms with Gasteiger partial charge in [-0.25, -0.2) is 4.98 Å². The number of furan rings is 1. The van der Waals surface area contributed by atoms with Crippen LogP contribution in [-0.4, -0.2) is 22.7 Å². The van der Waals surface area contributed by atoms with E-state index in [1.165, 1.54) is 17.6 Å². The predicted molar refractivity (Wildman–Crippen MR) is 125 cm³/mol. The van der Waals surface area contributed by atoms with Gasteiger partial charge in [0.1, 0.15) is 5.76 Å². The van der Waals surface area contributed by atoms with Crippen LogP contribution < -0.4 is 16.0 Å². The Hall–Kier alpha value is -4.24. The number of rotatable bonds is 8. The van der Waals surface area contributed by atoms with E-state index in [-0.39, 0.29) is 30.7 Å². The van der Waals surface area contributed by atoms with Gasteiger partial charge in [0.05, 0.1) is 36.2 Å². The third-order valence-corrected chi connectivity index (χ3v) is 5.41. The zero-order chi connectivity index (χ0) is 23.0. The van der Waals surface area contributed by atoms with Gasteiger partial charge in [0.15, 0.2) is 5.13 Å². The van der Waals surface area contributed by atoms with Crippen LogP contribution in [-0.2, 0) is 17.8 Å². The van der Waals surface area contributed by atoms with E-state index < -0.39 is 0 Å². The van der Waals surface area contributed by atoms with Crippen molar-refractivity contribution in [3.05, 3.63) is 101 Å². The fourth-order valence-corrected chi connectivity index (χ4v) is 3.73. The normalized spacial score (nSPS) is 10.4. The summed E-state index contributed by atoms with van der Waals surface area (Å²) >= 11 is 1.24. The van der Waals surface area contributed by atoms with E-state index in [1.807, 2.05) is 6.07 Å². The van der Waals surface area contributed by atoms with Crippen molar-refractivity contribution in [2.75, 3.05) is 10.6 Å². The lowest BCUT2D eigenvalue weighted by molar-refractivity contribution is -0.115. The average molecular weight is 461 g/mol. The summed E-state index contributed by atoms with van der Waals surface area (Å²) in [5.74, 6) is -0.298. The molecule has 33 heavy (non-hydrogen) atoms. The molecule has 8 nitrogen and oxygen atoms in total. The molecule has 0 unspecified atom stereocenters. The molecule has 2 aromatic heterocycles. The number of carbonyl (C=O) groups is 3. The number of hydrogen-bond acceptors (Lipinski definition) is 6. The smallest absolute Gasteiger partial charge is 0.257 e. The number of aromatic nitrogens is 1. The van der Waals surface area contributed by atoms with Crippen molar-refractivity contribution in [2.45, 2.75) is 13.0 Å². The summed E-state index contributed by atoms with van der Waals surface area (Å²) in [6.45, 7) is 0.240. The molecule has 0 fully saturated rings. The highest BCUT2D eigenvalue weighted by Gasteiger charge is 2.15. The van der Waals surface area contributed by atoms with Gasteiger partial charge in [0.25, 0.3) is 11.8 Å². The number of anilines is 2. The van der Waals surface area contributed by atoms with Crippen LogP contribution >= 0.6 is 11.3 Å². The standard InChI is InChI=1S/C24H20N4O4S/c29-21(13-17-15-33-24(26-17)28-22(30)16-7-2-1-3-8-16)27-20-11-5-4-10-19(20)23(31)25-14-18-9-6-12-32-18/h1-12,15H,13-14H2,(H,25,31)(H,27,29)(H,26,28,30). The van der Waals surface area contributed by atoms with Gasteiger partial charge in [-0.1, -0.05) is 30.3 Å². The second-order valence-electron chi connectivity index (χ2n) is 7.00. The predicted octanol–water partition coefficient (Wildman–Crippen LogP) is 4.10. The second-order valence-corrected chi connectivity index (χ2v) is 7.85. The Morgan fingerprint density at radius 1 is 0.879 bits per heavy atom. The van der Waals surface area contributed by atoms with Crippen molar-refractivity contribution >= 4 is 39.9 Å². The number of thiazole rings is 1. The number of nitrogens with zero attached hydrogens (tertiary/aromatic N) is 1. The summed E-state index contributed by atoms with van der Waals surface area (Å²) in [5.41, 5.74) is 1.77. The van der Waals surface area contributed by atoms with Gasteiger partial charge in [-0.2, -0.15) is 0 Å². The van der Waals surface area contributed by atoms with Gasteiger partial charge in [0.2, 0.25) is 5.91 Å². The molecule has 4 aromatic rings. The van der Waals surface area contributed by atoms with Crippen LogP contribution in [0.2, 0.25) is 0 Å². The molecule has 0 atom stereocenters. The van der Waals surface area contributed by atoms with Gasteiger partial charge < -0.3 is 15.1 Å². The van der Waals surface area contributed by atoms with Crippen LogP contribution in [0.25, 0.3) is 0 Å². The van der Waals surface area contributed by atoms with Crippen LogP contribution in [0.5, 0.6) is 0 Å². The largest absolute Gasteiger partial charge is 0.467 e. The molecule has 0 saturated heterocycles. The van der Waals surface area contributed by atoms with Crippen molar-refractivity contribution in [1.29, 1.82) is 0 Å². The highest BCUT2D eigenvalue weighted by Crippen LogP contribution is 2.19. The first-order valence-corrected chi connectivity index (χ1v) is 11.0. The first-order chi connectivity index (χ1) is 16.1. The fraction of sp³-hybridized carbons (Fsp3) is 0.0833. The minimum atomic E-state index is -0.332. The molecule has 9 heteroatoms. The lowest BCUT2D eigenvalue weighted by atomic mass is 10.1. The summed E-state index contributed by atoms with van der Waals surface area (Å²) < 4.78 is 5.22. The van der Waals surface area contributed by atoms with E-state index >= 15 is 0 Å². The summed E-state index contributed by atoms with van der Waals surface area (Å²) in [6.07, 6.45) is 1.53. The molecule has 0 aliphatic rings. The first kappa shape index (κ1) is 22.0. The van der Waals surface area contributed by atoms with Gasteiger partial charge in [-0.15, -0.1) is 11.3 Å². The number of para-hydroxylation sites is 1. The van der Waals surface area contributed by atoms with Gasteiger partial charge in [-0.05, 0) is 36.4 Å². The molecule has 166 valence electrons. The highest BCUT2D eigenvalue weighted by molar-refractivity contribution is 7.14. The van der Waals surface area contributed by atoms with Crippen LogP contribution in [0.3, 0.4) is 0 Å². The van der Waals surface area contributed by atoms with E-state index in [0.717, 1.165) is 0 Å². The van der Waals surface area contributed by atoms with E-state index in [1.54, 1.807) is 66.0 Å². The summed E-state index contributed by atoms with van der Waals surface area (Å²) in [7, 11) is 0. The summed E-state index contributed by atoms with van der Waals surface area (Å²) in [5, 5.41) is 10.4. The number of carbonyl (C=O) groups excluding carboxylic acids is 3. The van der Waals surface area contributed by atoms with E-state index in [9.17, 15) is 14.4 Å². The van der Waals surface area contributed by atoms with Crippen molar-refractivity contribution in [3.8, 4) is 0 Å². The Kier molecular flexibility index (Phi) is 6.91. The van der Waals surface area contributed by atoms with Crippen LogP contribution in [0.15, 0.2) is 82.8 Å². The second kappa shape index (κ2) is 10.4. The SMILES string of the molecule is O=C(Cc1csc(NC(=O)c2ccccc2)n1)Nc1ccccc1C(=O)NCc1ccco1. The van der Waals surface area contributed by atoms with Gasteiger partial charge >= 0.3 is 0 Å². The number of nitrogens with one attached hydrogen (secondary N) is 3. The quantitative estimate of drug-likeness (QED) is 0.366. The maximum absolute atomic E-state index is 12.6. The Bertz CT molecular complexity index is 1250. The highest BCUT2D eigenvalue weighted by atomic mass is 32.1. The Balaban J connectivity index is 1.35. The monoisotopic (exact) mass is 460 g/mol. The zero-order valence-electron chi connectivity index (χ0n) is 17.4. The molecule has 2 heterocycles. The average Bonchev–Trinajstić information content (AvgIpc) is 3.50. The van der Waals surface area contributed by atoms with Crippen molar-refractivity contribution in [1.82, 2.24) is 10.3 Å². The van der Waals surface area contributed by atoms with Crippen molar-refractivity contribution in [2.24, 2.45) is 0 Å². The maximum atomic E-state index is 12.6. The molecule has 0 spiro atoms. The number of hydrogen-bond donors (Lipinski definition) is 3. The first-order valence-electron chi connectivity index (χ1n) is 10.1. The number of benzene rings is 2. The molecule has 3 amide bonds. The topological polar surface area (TPSA) is 113 Å². The molecule has 0 saturated carbocycles. The van der Waals surface area contributed by atoms with E-state index in [4.69, 9.17) is 4.42 Å². The summed E-state index contributed by atoms with van der Waals surface area (Å²) in [6, 6.07) is 19.1. The number of amides is 3. The Morgan fingerprint density at radius 2 is 1.67 bits per heavy atom. The molecule has 0 radical (unpaired) electrons. The molecule has 0 aliphatic heterocycles.